The summed E-state index contributed by atoms with van der Waals surface area (Å²) < 4.78 is 5.19. The first kappa shape index (κ1) is 12.7. The van der Waals surface area contributed by atoms with Crippen LogP contribution in [0, 0.1) is 5.92 Å². The maximum Gasteiger partial charge on any atom is 0.259 e. The highest BCUT2D eigenvalue weighted by Gasteiger charge is 2.41. The lowest BCUT2D eigenvalue weighted by Crippen LogP contribution is -2.35. The van der Waals surface area contributed by atoms with Crippen LogP contribution in [0.5, 0.6) is 0 Å². The molecule has 0 saturated carbocycles. The number of hydrogen-bond donors (Lipinski definition) is 0. The van der Waals surface area contributed by atoms with Crippen molar-refractivity contribution in [2.45, 2.75) is 32.2 Å². The lowest BCUT2D eigenvalue weighted by atomic mass is 10.1. The van der Waals surface area contributed by atoms with E-state index in [1.54, 1.807) is 6.20 Å². The molecule has 0 N–H and O–H groups in total. The third-order valence-electron chi connectivity index (χ3n) is 4.47. The fraction of sp³-hybridized carbons (Fsp3) is 0.714. The summed E-state index contributed by atoms with van der Waals surface area (Å²) in [6.07, 6.45) is 4.52. The molecule has 1 amide bonds. The summed E-state index contributed by atoms with van der Waals surface area (Å²) >= 11 is 0. The molecular formula is C14H21N3O2. The highest BCUT2D eigenvalue weighted by atomic mass is 16.5. The van der Waals surface area contributed by atoms with E-state index in [-0.39, 0.29) is 5.91 Å². The van der Waals surface area contributed by atoms with Gasteiger partial charge in [0.1, 0.15) is 11.3 Å². The zero-order chi connectivity index (χ0) is 13.4. The monoisotopic (exact) mass is 263 g/mol. The summed E-state index contributed by atoms with van der Waals surface area (Å²) in [4.78, 5) is 16.9. The molecule has 0 spiro atoms. The quantitative estimate of drug-likeness (QED) is 0.827. The predicted molar refractivity (Wildman–Crippen MR) is 70.9 cm³/mol. The van der Waals surface area contributed by atoms with E-state index < -0.39 is 0 Å². The van der Waals surface area contributed by atoms with Gasteiger partial charge in [0, 0.05) is 25.6 Å². The molecule has 2 atom stereocenters. The van der Waals surface area contributed by atoms with Crippen molar-refractivity contribution >= 4 is 5.91 Å². The summed E-state index contributed by atoms with van der Waals surface area (Å²) in [6.45, 7) is 4.96. The van der Waals surface area contributed by atoms with Gasteiger partial charge in [-0.1, -0.05) is 12.1 Å². The molecule has 2 saturated heterocycles. The van der Waals surface area contributed by atoms with Crippen LogP contribution < -0.4 is 0 Å². The summed E-state index contributed by atoms with van der Waals surface area (Å²) in [6, 6.07) is 0.540. The SMILES string of the molecule is CCCc1oncc1C(=O)N1C[C@@H]2CCN(C)[C@@H]2C1. The first-order valence-corrected chi connectivity index (χ1v) is 7.13. The molecule has 0 unspecified atom stereocenters. The molecule has 5 nitrogen and oxygen atoms in total. The average Bonchev–Trinajstić information content (AvgIpc) is 3.07. The van der Waals surface area contributed by atoms with Gasteiger partial charge in [-0.2, -0.15) is 0 Å². The lowest BCUT2D eigenvalue weighted by Gasteiger charge is -2.20. The van der Waals surface area contributed by atoms with Crippen LogP contribution in [0.15, 0.2) is 10.7 Å². The van der Waals surface area contributed by atoms with Gasteiger partial charge in [-0.15, -0.1) is 0 Å². The molecule has 1 aromatic heterocycles. The molecule has 104 valence electrons. The highest BCUT2D eigenvalue weighted by Crippen LogP contribution is 2.31. The summed E-state index contributed by atoms with van der Waals surface area (Å²) in [5.41, 5.74) is 0.657. The van der Waals surface area contributed by atoms with Crippen molar-refractivity contribution in [2.24, 2.45) is 5.92 Å². The van der Waals surface area contributed by atoms with E-state index in [1.165, 1.54) is 6.42 Å². The Bertz CT molecular complexity index is 471. The van der Waals surface area contributed by atoms with E-state index in [2.05, 4.69) is 24.0 Å². The number of carbonyl (C=O) groups is 1. The summed E-state index contributed by atoms with van der Waals surface area (Å²) in [5.74, 6) is 1.47. The maximum atomic E-state index is 12.5. The fourth-order valence-electron chi connectivity index (χ4n) is 3.35. The van der Waals surface area contributed by atoms with Gasteiger partial charge in [0.15, 0.2) is 0 Å². The van der Waals surface area contributed by atoms with Gasteiger partial charge in [0.05, 0.1) is 6.20 Å². The Kier molecular flexibility index (Phi) is 3.31. The topological polar surface area (TPSA) is 49.6 Å². The Hall–Kier alpha value is -1.36. The van der Waals surface area contributed by atoms with Crippen LogP contribution in [0.1, 0.15) is 35.9 Å². The predicted octanol–water partition coefficient (Wildman–Crippen LogP) is 1.40. The average molecular weight is 263 g/mol. The molecule has 0 bridgehead atoms. The molecule has 2 fully saturated rings. The van der Waals surface area contributed by atoms with Gasteiger partial charge in [-0.25, -0.2) is 0 Å². The summed E-state index contributed by atoms with van der Waals surface area (Å²) in [7, 11) is 2.15. The van der Waals surface area contributed by atoms with Crippen molar-refractivity contribution in [3.63, 3.8) is 0 Å². The lowest BCUT2D eigenvalue weighted by molar-refractivity contribution is 0.0772. The Morgan fingerprint density at radius 3 is 3.11 bits per heavy atom. The number of likely N-dealkylation sites (N-methyl/N-ethyl adjacent to an activating group) is 1. The normalized spacial score (nSPS) is 26.9. The number of amides is 1. The smallest absolute Gasteiger partial charge is 0.259 e. The Morgan fingerprint density at radius 2 is 2.37 bits per heavy atom. The molecule has 3 heterocycles. The molecule has 2 aliphatic rings. The first-order chi connectivity index (χ1) is 9.20. The minimum Gasteiger partial charge on any atom is -0.361 e. The second kappa shape index (κ2) is 4.96. The second-order valence-corrected chi connectivity index (χ2v) is 5.72. The number of rotatable bonds is 3. The number of hydrogen-bond acceptors (Lipinski definition) is 4. The minimum absolute atomic E-state index is 0.0903. The Balaban J connectivity index is 1.73. The number of nitrogens with zero attached hydrogens (tertiary/aromatic N) is 3. The second-order valence-electron chi connectivity index (χ2n) is 5.72. The van der Waals surface area contributed by atoms with Crippen molar-refractivity contribution in [1.82, 2.24) is 15.0 Å². The molecule has 0 radical (unpaired) electrons. The van der Waals surface area contributed by atoms with Gasteiger partial charge >= 0.3 is 0 Å². The third-order valence-corrected chi connectivity index (χ3v) is 4.47. The van der Waals surface area contributed by atoms with Crippen LogP contribution in [-0.2, 0) is 6.42 Å². The van der Waals surface area contributed by atoms with E-state index >= 15 is 0 Å². The molecule has 1 aromatic rings. The summed E-state index contributed by atoms with van der Waals surface area (Å²) in [5, 5.41) is 3.79. The number of aromatic nitrogens is 1. The van der Waals surface area contributed by atoms with Gasteiger partial charge in [0.2, 0.25) is 0 Å². The largest absolute Gasteiger partial charge is 0.361 e. The van der Waals surface area contributed by atoms with Gasteiger partial charge in [-0.3, -0.25) is 4.79 Å². The maximum absolute atomic E-state index is 12.5. The third kappa shape index (κ3) is 2.16. The number of fused-ring (bicyclic) bond motifs is 1. The van der Waals surface area contributed by atoms with Crippen LogP contribution in [0.2, 0.25) is 0 Å². The molecular weight excluding hydrogens is 242 g/mol. The van der Waals surface area contributed by atoms with Crippen molar-refractivity contribution in [3.05, 3.63) is 17.5 Å². The van der Waals surface area contributed by atoms with E-state index in [9.17, 15) is 4.79 Å². The minimum atomic E-state index is 0.0903. The fourth-order valence-corrected chi connectivity index (χ4v) is 3.35. The van der Waals surface area contributed by atoms with E-state index in [1.807, 2.05) is 4.90 Å². The highest BCUT2D eigenvalue weighted by molar-refractivity contribution is 5.95. The molecule has 19 heavy (non-hydrogen) atoms. The molecule has 5 heteroatoms. The number of carbonyl (C=O) groups excluding carboxylic acids is 1. The molecule has 0 aromatic carbocycles. The Morgan fingerprint density at radius 1 is 1.53 bits per heavy atom. The van der Waals surface area contributed by atoms with E-state index in [4.69, 9.17) is 4.52 Å². The van der Waals surface area contributed by atoms with E-state index in [0.717, 1.165) is 38.2 Å². The van der Waals surface area contributed by atoms with Crippen LogP contribution in [0.4, 0.5) is 0 Å². The van der Waals surface area contributed by atoms with Crippen LogP contribution in [0.25, 0.3) is 0 Å². The first-order valence-electron chi connectivity index (χ1n) is 7.13. The van der Waals surface area contributed by atoms with Gasteiger partial charge < -0.3 is 14.3 Å². The van der Waals surface area contributed by atoms with E-state index in [0.29, 0.717) is 17.5 Å². The standard InChI is InChI=1S/C14H21N3O2/c1-3-4-13-11(7-15-19-13)14(18)17-8-10-5-6-16(2)12(10)9-17/h7,10,12H,3-6,8-9H2,1-2H3/t10-,12+/m0/s1. The van der Waals surface area contributed by atoms with Crippen molar-refractivity contribution < 1.29 is 9.32 Å². The zero-order valence-electron chi connectivity index (χ0n) is 11.6. The van der Waals surface area contributed by atoms with Gasteiger partial charge in [0.25, 0.3) is 5.91 Å². The van der Waals surface area contributed by atoms with Crippen molar-refractivity contribution in [2.75, 3.05) is 26.7 Å². The number of likely N-dealkylation sites (tertiary alicyclic amines) is 2. The molecule has 2 aliphatic heterocycles. The number of aryl methyl sites for hydroxylation is 1. The molecule has 3 rings (SSSR count). The van der Waals surface area contributed by atoms with Crippen LogP contribution >= 0.6 is 0 Å². The zero-order valence-corrected chi connectivity index (χ0v) is 11.6. The van der Waals surface area contributed by atoms with Crippen molar-refractivity contribution in [3.8, 4) is 0 Å². The van der Waals surface area contributed by atoms with Gasteiger partial charge in [-0.05, 0) is 32.4 Å². The van der Waals surface area contributed by atoms with Crippen LogP contribution in [-0.4, -0.2) is 53.6 Å². The van der Waals surface area contributed by atoms with Crippen LogP contribution in [0.3, 0.4) is 0 Å². The molecule has 0 aliphatic carbocycles. The Labute approximate surface area is 113 Å². The van der Waals surface area contributed by atoms with Crippen molar-refractivity contribution in [1.29, 1.82) is 0 Å².